The Morgan fingerprint density at radius 1 is 1.53 bits per heavy atom. The fourth-order valence-corrected chi connectivity index (χ4v) is 1.53. The number of hydrogen-bond donors (Lipinski definition) is 0. The highest BCUT2D eigenvalue weighted by Crippen LogP contribution is 2.20. The molecule has 1 heterocycles. The molecular weight excluding hydrogens is 192 g/mol. The van der Waals surface area contributed by atoms with Crippen LogP contribution in [0.4, 0.5) is 0 Å². The molecule has 15 heavy (non-hydrogen) atoms. The molecule has 0 saturated heterocycles. The summed E-state index contributed by atoms with van der Waals surface area (Å²) < 4.78 is 6.56. The van der Waals surface area contributed by atoms with Gasteiger partial charge in [0.15, 0.2) is 0 Å². The number of aromatic nitrogens is 2. The van der Waals surface area contributed by atoms with Crippen LogP contribution in [-0.2, 0) is 28.4 Å². The maximum absolute atomic E-state index is 11.1. The third-order valence-electron chi connectivity index (χ3n) is 2.15. The van der Waals surface area contributed by atoms with E-state index in [1.165, 1.54) is 7.11 Å². The minimum Gasteiger partial charge on any atom is -0.469 e. The van der Waals surface area contributed by atoms with Crippen molar-refractivity contribution >= 4 is 5.97 Å². The van der Waals surface area contributed by atoms with Gasteiger partial charge in [0, 0.05) is 18.7 Å². The summed E-state index contributed by atoms with van der Waals surface area (Å²) in [6.07, 6.45) is 2.11. The maximum Gasteiger partial charge on any atom is 0.311 e. The third-order valence-corrected chi connectivity index (χ3v) is 2.15. The van der Waals surface area contributed by atoms with Crippen molar-refractivity contribution in [1.29, 1.82) is 0 Å². The van der Waals surface area contributed by atoms with Crippen LogP contribution < -0.4 is 0 Å². The summed E-state index contributed by atoms with van der Waals surface area (Å²) in [6.45, 7) is 6.28. The van der Waals surface area contributed by atoms with Gasteiger partial charge in [-0.3, -0.25) is 4.79 Å². The zero-order chi connectivity index (χ0) is 11.6. The van der Waals surface area contributed by atoms with Crippen molar-refractivity contribution in [2.24, 2.45) is 7.05 Å². The van der Waals surface area contributed by atoms with Crippen molar-refractivity contribution in [1.82, 2.24) is 9.55 Å². The highest BCUT2D eigenvalue weighted by Gasteiger charge is 2.20. The molecular formula is C11H18N2O2. The fourth-order valence-electron chi connectivity index (χ4n) is 1.53. The van der Waals surface area contributed by atoms with E-state index in [4.69, 9.17) is 0 Å². The Hall–Kier alpha value is -1.32. The highest BCUT2D eigenvalue weighted by atomic mass is 16.5. The van der Waals surface area contributed by atoms with Gasteiger partial charge < -0.3 is 9.30 Å². The van der Waals surface area contributed by atoms with Gasteiger partial charge in [0.05, 0.1) is 19.2 Å². The number of carbonyl (C=O) groups is 1. The summed E-state index contributed by atoms with van der Waals surface area (Å²) in [5, 5.41) is 0. The molecule has 84 valence electrons. The van der Waals surface area contributed by atoms with Crippen molar-refractivity contribution in [3.05, 3.63) is 17.7 Å². The molecule has 0 spiro atoms. The smallest absolute Gasteiger partial charge is 0.311 e. The molecule has 0 aliphatic rings. The van der Waals surface area contributed by atoms with E-state index in [0.29, 0.717) is 0 Å². The van der Waals surface area contributed by atoms with Gasteiger partial charge in [-0.05, 0) is 0 Å². The molecule has 1 rings (SSSR count). The lowest BCUT2D eigenvalue weighted by molar-refractivity contribution is -0.139. The average molecular weight is 210 g/mol. The number of esters is 1. The van der Waals surface area contributed by atoms with Gasteiger partial charge in [-0.15, -0.1) is 0 Å². The van der Waals surface area contributed by atoms with Crippen LogP contribution in [-0.4, -0.2) is 22.6 Å². The Bertz CT molecular complexity index is 361. The quantitative estimate of drug-likeness (QED) is 0.694. The number of methoxy groups -OCH3 is 1. The first-order valence-corrected chi connectivity index (χ1v) is 4.94. The number of aryl methyl sites for hydroxylation is 1. The lowest BCUT2D eigenvalue weighted by Gasteiger charge is -2.17. The van der Waals surface area contributed by atoms with Gasteiger partial charge in [0.25, 0.3) is 0 Å². The van der Waals surface area contributed by atoms with E-state index >= 15 is 0 Å². The molecule has 0 radical (unpaired) electrons. The zero-order valence-electron chi connectivity index (χ0n) is 10.00. The van der Waals surface area contributed by atoms with Gasteiger partial charge in [-0.1, -0.05) is 20.8 Å². The summed E-state index contributed by atoms with van der Waals surface area (Å²) in [5.74, 6) is 0.718. The van der Waals surface area contributed by atoms with Gasteiger partial charge in [0.1, 0.15) is 5.82 Å². The highest BCUT2D eigenvalue weighted by molar-refractivity contribution is 5.71. The number of carbonyl (C=O) groups excluding carboxylic acids is 1. The topological polar surface area (TPSA) is 44.1 Å². The summed E-state index contributed by atoms with van der Waals surface area (Å²) in [4.78, 5) is 15.5. The first-order chi connectivity index (χ1) is 6.84. The zero-order valence-corrected chi connectivity index (χ0v) is 10.00. The van der Waals surface area contributed by atoms with Crippen molar-refractivity contribution in [2.45, 2.75) is 32.6 Å². The average Bonchev–Trinajstić information content (AvgIpc) is 2.45. The monoisotopic (exact) mass is 210 g/mol. The molecule has 0 amide bonds. The minimum atomic E-state index is -0.256. The van der Waals surface area contributed by atoms with Crippen LogP contribution in [0.25, 0.3) is 0 Å². The summed E-state index contributed by atoms with van der Waals surface area (Å²) in [6, 6.07) is 0. The Morgan fingerprint density at radius 3 is 2.53 bits per heavy atom. The van der Waals surface area contributed by atoms with Crippen LogP contribution in [0.2, 0.25) is 0 Å². The Morgan fingerprint density at radius 2 is 2.13 bits per heavy atom. The lowest BCUT2D eigenvalue weighted by atomic mass is 9.96. The number of nitrogens with zero attached hydrogens (tertiary/aromatic N) is 2. The second-order valence-corrected chi connectivity index (χ2v) is 4.67. The first kappa shape index (κ1) is 11.8. The normalized spacial score (nSPS) is 11.5. The molecule has 0 bridgehead atoms. The lowest BCUT2D eigenvalue weighted by Crippen LogP contribution is -2.17. The minimum absolute atomic E-state index is 0.0108. The molecule has 0 aliphatic heterocycles. The van der Waals surface area contributed by atoms with Crippen molar-refractivity contribution in [3.8, 4) is 0 Å². The molecule has 4 nitrogen and oxygen atoms in total. The number of imidazole rings is 1. The Labute approximate surface area is 90.3 Å². The van der Waals surface area contributed by atoms with Crippen LogP contribution in [0, 0.1) is 0 Å². The van der Waals surface area contributed by atoms with Crippen LogP contribution in [0.1, 0.15) is 32.3 Å². The SMILES string of the molecule is COC(=O)Cc1cn(C)c(C(C)(C)C)n1. The van der Waals surface area contributed by atoms with Crippen molar-refractivity contribution in [2.75, 3.05) is 7.11 Å². The van der Waals surface area contributed by atoms with E-state index in [1.807, 2.05) is 17.8 Å². The Kier molecular flexibility index (Phi) is 3.17. The van der Waals surface area contributed by atoms with Gasteiger partial charge >= 0.3 is 5.97 Å². The van der Waals surface area contributed by atoms with E-state index in [1.54, 1.807) is 0 Å². The predicted octanol–water partition coefficient (Wildman–Crippen LogP) is 1.43. The van der Waals surface area contributed by atoms with Crippen LogP contribution in [0.5, 0.6) is 0 Å². The van der Waals surface area contributed by atoms with Crippen LogP contribution >= 0.6 is 0 Å². The van der Waals surface area contributed by atoms with Crippen molar-refractivity contribution < 1.29 is 9.53 Å². The molecule has 0 fully saturated rings. The standard InChI is InChI=1S/C11H18N2O2/c1-11(2,3)10-12-8(7-13(10)4)6-9(14)15-5/h7H,6H2,1-5H3. The summed E-state index contributed by atoms with van der Waals surface area (Å²) in [5.41, 5.74) is 0.748. The maximum atomic E-state index is 11.1. The molecule has 4 heteroatoms. The van der Waals surface area contributed by atoms with Gasteiger partial charge in [-0.2, -0.15) is 0 Å². The third kappa shape index (κ3) is 2.81. The number of ether oxygens (including phenoxy) is 1. The van der Waals surface area contributed by atoms with Crippen LogP contribution in [0.3, 0.4) is 0 Å². The molecule has 1 aromatic rings. The molecule has 0 aromatic carbocycles. The second kappa shape index (κ2) is 4.04. The fraction of sp³-hybridized carbons (Fsp3) is 0.636. The molecule has 0 atom stereocenters. The molecule has 0 saturated carbocycles. The van der Waals surface area contributed by atoms with E-state index in [2.05, 4.69) is 30.5 Å². The second-order valence-electron chi connectivity index (χ2n) is 4.67. The first-order valence-electron chi connectivity index (χ1n) is 4.94. The molecule has 1 aromatic heterocycles. The predicted molar refractivity (Wildman–Crippen MR) is 57.6 cm³/mol. The largest absolute Gasteiger partial charge is 0.469 e. The molecule has 0 N–H and O–H groups in total. The van der Waals surface area contributed by atoms with Crippen molar-refractivity contribution in [3.63, 3.8) is 0 Å². The summed E-state index contributed by atoms with van der Waals surface area (Å²) in [7, 11) is 3.32. The van der Waals surface area contributed by atoms with Gasteiger partial charge in [0.2, 0.25) is 0 Å². The number of rotatable bonds is 2. The van der Waals surface area contributed by atoms with Gasteiger partial charge in [-0.25, -0.2) is 4.98 Å². The molecule has 0 aliphatic carbocycles. The van der Waals surface area contributed by atoms with E-state index in [0.717, 1.165) is 11.5 Å². The summed E-state index contributed by atoms with van der Waals surface area (Å²) >= 11 is 0. The van der Waals surface area contributed by atoms with E-state index < -0.39 is 0 Å². The number of hydrogen-bond acceptors (Lipinski definition) is 3. The Balaban J connectivity index is 2.91. The molecule has 0 unspecified atom stereocenters. The van der Waals surface area contributed by atoms with Crippen LogP contribution in [0.15, 0.2) is 6.20 Å². The van der Waals surface area contributed by atoms with E-state index in [-0.39, 0.29) is 17.8 Å². The van der Waals surface area contributed by atoms with E-state index in [9.17, 15) is 4.79 Å².